The average molecular weight is 277 g/mol. The second-order valence-corrected chi connectivity index (χ2v) is 6.93. The van der Waals surface area contributed by atoms with Crippen LogP contribution in [-0.4, -0.2) is 31.7 Å². The van der Waals surface area contributed by atoms with E-state index in [0.29, 0.717) is 6.54 Å². The first-order valence-corrected chi connectivity index (χ1v) is 8.01. The molecular formula is C10H19N3O2S2. The lowest BCUT2D eigenvalue weighted by molar-refractivity contribution is 0.546. The van der Waals surface area contributed by atoms with Crippen molar-refractivity contribution in [2.75, 3.05) is 13.1 Å². The van der Waals surface area contributed by atoms with Crippen molar-refractivity contribution in [2.24, 2.45) is 0 Å². The highest BCUT2D eigenvalue weighted by Crippen LogP contribution is 2.16. The number of hydrogen-bond donors (Lipinski definition) is 2. The molecule has 0 spiro atoms. The number of rotatable bonds is 7. The lowest BCUT2D eigenvalue weighted by Gasteiger charge is -2.17. The molecule has 1 rings (SSSR count). The fourth-order valence-electron chi connectivity index (χ4n) is 1.32. The Hall–Kier alpha value is -0.500. The van der Waals surface area contributed by atoms with Crippen LogP contribution in [0.1, 0.15) is 31.8 Å². The van der Waals surface area contributed by atoms with E-state index in [1.807, 2.05) is 12.3 Å². The van der Waals surface area contributed by atoms with Crippen molar-refractivity contribution in [1.82, 2.24) is 15.0 Å². The maximum Gasteiger partial charge on any atom is 0.216 e. The third-order valence-electron chi connectivity index (χ3n) is 2.37. The minimum atomic E-state index is -3.30. The van der Waals surface area contributed by atoms with E-state index >= 15 is 0 Å². The Bertz CT molecular complexity index is 417. The zero-order valence-electron chi connectivity index (χ0n) is 10.3. The summed E-state index contributed by atoms with van der Waals surface area (Å²) >= 11 is 1.45. The van der Waals surface area contributed by atoms with Crippen LogP contribution < -0.4 is 10.0 Å². The van der Waals surface area contributed by atoms with Crippen LogP contribution in [0.15, 0.2) is 11.6 Å². The molecule has 0 fully saturated rings. The average Bonchev–Trinajstić information content (AvgIpc) is 2.78. The van der Waals surface area contributed by atoms with Gasteiger partial charge in [-0.05, 0) is 20.4 Å². The third kappa shape index (κ3) is 4.34. The van der Waals surface area contributed by atoms with Gasteiger partial charge in [0.15, 0.2) is 0 Å². The first-order valence-electron chi connectivity index (χ1n) is 5.58. The zero-order valence-corrected chi connectivity index (χ0v) is 11.9. The van der Waals surface area contributed by atoms with Crippen LogP contribution in [-0.2, 0) is 10.0 Å². The zero-order chi connectivity index (χ0) is 12.9. The van der Waals surface area contributed by atoms with Gasteiger partial charge in [-0.1, -0.05) is 6.92 Å². The number of hydrogen-bond acceptors (Lipinski definition) is 5. The molecule has 0 saturated carbocycles. The van der Waals surface area contributed by atoms with Crippen LogP contribution in [0.4, 0.5) is 0 Å². The van der Waals surface area contributed by atoms with Crippen LogP contribution >= 0.6 is 11.3 Å². The molecular weight excluding hydrogens is 258 g/mol. The van der Waals surface area contributed by atoms with Crippen molar-refractivity contribution in [3.8, 4) is 0 Å². The van der Waals surface area contributed by atoms with Crippen molar-refractivity contribution < 1.29 is 8.42 Å². The predicted octanol–water partition coefficient (Wildman–Crippen LogP) is 1.12. The first kappa shape index (κ1) is 14.6. The van der Waals surface area contributed by atoms with Crippen molar-refractivity contribution in [1.29, 1.82) is 0 Å². The summed E-state index contributed by atoms with van der Waals surface area (Å²) in [6.07, 6.45) is 1.67. The number of nitrogens with zero attached hydrogens (tertiary/aromatic N) is 1. The lowest BCUT2D eigenvalue weighted by Crippen LogP contribution is -2.39. The van der Waals surface area contributed by atoms with Crippen LogP contribution in [0.2, 0.25) is 0 Å². The summed E-state index contributed by atoms with van der Waals surface area (Å²) in [5, 5.41) is 5.19. The number of nitrogens with one attached hydrogen (secondary N) is 2. The molecule has 7 heteroatoms. The quantitative estimate of drug-likeness (QED) is 0.783. The van der Waals surface area contributed by atoms with E-state index < -0.39 is 15.3 Å². The van der Waals surface area contributed by atoms with Gasteiger partial charge in [0.25, 0.3) is 0 Å². The number of thiazole rings is 1. The summed E-state index contributed by atoms with van der Waals surface area (Å²) in [6.45, 7) is 6.67. The second-order valence-electron chi connectivity index (χ2n) is 3.87. The van der Waals surface area contributed by atoms with Crippen molar-refractivity contribution in [2.45, 2.75) is 32.1 Å². The van der Waals surface area contributed by atoms with Gasteiger partial charge < -0.3 is 5.32 Å². The molecule has 98 valence electrons. The molecule has 2 unspecified atom stereocenters. The Balaban J connectivity index is 2.60. The maximum absolute atomic E-state index is 12.0. The molecule has 2 N–H and O–H groups in total. The number of sulfonamides is 1. The Kier molecular flexibility index (Phi) is 5.51. The minimum absolute atomic E-state index is 0.274. The van der Waals surface area contributed by atoms with E-state index in [1.54, 1.807) is 20.0 Å². The summed E-state index contributed by atoms with van der Waals surface area (Å²) in [4.78, 5) is 4.10. The van der Waals surface area contributed by atoms with Gasteiger partial charge >= 0.3 is 0 Å². The number of aromatic nitrogens is 1. The molecule has 0 amide bonds. The van der Waals surface area contributed by atoms with Crippen molar-refractivity contribution >= 4 is 21.4 Å². The van der Waals surface area contributed by atoms with Gasteiger partial charge in [-0.15, -0.1) is 11.3 Å². The molecule has 17 heavy (non-hydrogen) atoms. The van der Waals surface area contributed by atoms with Crippen LogP contribution in [0.5, 0.6) is 0 Å². The summed E-state index contributed by atoms with van der Waals surface area (Å²) < 4.78 is 26.6. The summed E-state index contributed by atoms with van der Waals surface area (Å²) in [5.74, 6) is 0. The van der Waals surface area contributed by atoms with Gasteiger partial charge in [0, 0.05) is 18.1 Å². The molecule has 0 aromatic carbocycles. The molecule has 1 heterocycles. The standard InChI is InChI=1S/C10H19N3O2S2/c1-4-11-7-8(2)17(14,15)13-9(3)10-12-5-6-16-10/h5-6,8-9,11,13H,4,7H2,1-3H3. The third-order valence-corrected chi connectivity index (χ3v) is 5.24. The van der Waals surface area contributed by atoms with Gasteiger partial charge in [-0.2, -0.15) is 0 Å². The van der Waals surface area contributed by atoms with E-state index in [0.717, 1.165) is 11.6 Å². The predicted molar refractivity (Wildman–Crippen MR) is 70.6 cm³/mol. The summed E-state index contributed by atoms with van der Waals surface area (Å²) in [5.41, 5.74) is 0. The highest BCUT2D eigenvalue weighted by atomic mass is 32.2. The molecule has 5 nitrogen and oxygen atoms in total. The summed E-state index contributed by atoms with van der Waals surface area (Å²) in [7, 11) is -3.30. The largest absolute Gasteiger partial charge is 0.316 e. The van der Waals surface area contributed by atoms with Gasteiger partial charge in [-0.3, -0.25) is 0 Å². The molecule has 0 radical (unpaired) electrons. The molecule has 1 aromatic heterocycles. The summed E-state index contributed by atoms with van der Waals surface area (Å²) in [6, 6.07) is -0.274. The van der Waals surface area contributed by atoms with E-state index in [1.165, 1.54) is 11.3 Å². The lowest BCUT2D eigenvalue weighted by atomic mass is 10.4. The highest BCUT2D eigenvalue weighted by Gasteiger charge is 2.23. The fraction of sp³-hybridized carbons (Fsp3) is 0.700. The Morgan fingerprint density at radius 3 is 2.71 bits per heavy atom. The van der Waals surface area contributed by atoms with Gasteiger partial charge in [-0.25, -0.2) is 18.1 Å². The van der Waals surface area contributed by atoms with Crippen molar-refractivity contribution in [3.63, 3.8) is 0 Å². The topological polar surface area (TPSA) is 71.1 Å². The molecule has 0 bridgehead atoms. The Morgan fingerprint density at radius 2 is 2.18 bits per heavy atom. The van der Waals surface area contributed by atoms with E-state index in [4.69, 9.17) is 0 Å². The fourth-order valence-corrected chi connectivity index (χ4v) is 3.21. The van der Waals surface area contributed by atoms with Gasteiger partial charge in [0.1, 0.15) is 5.01 Å². The molecule has 2 atom stereocenters. The van der Waals surface area contributed by atoms with E-state index in [9.17, 15) is 8.42 Å². The van der Waals surface area contributed by atoms with E-state index in [2.05, 4.69) is 15.0 Å². The maximum atomic E-state index is 12.0. The second kappa shape index (κ2) is 6.44. The van der Waals surface area contributed by atoms with Crippen LogP contribution in [0.3, 0.4) is 0 Å². The Morgan fingerprint density at radius 1 is 1.47 bits per heavy atom. The molecule has 0 aliphatic heterocycles. The van der Waals surface area contributed by atoms with Gasteiger partial charge in [0.05, 0.1) is 11.3 Å². The smallest absolute Gasteiger partial charge is 0.216 e. The molecule has 1 aromatic rings. The molecule has 0 aliphatic carbocycles. The van der Waals surface area contributed by atoms with E-state index in [-0.39, 0.29) is 6.04 Å². The first-order chi connectivity index (χ1) is 7.97. The SMILES string of the molecule is CCNCC(C)S(=O)(=O)NC(C)c1nccs1. The monoisotopic (exact) mass is 277 g/mol. The highest BCUT2D eigenvalue weighted by molar-refractivity contribution is 7.90. The minimum Gasteiger partial charge on any atom is -0.316 e. The van der Waals surface area contributed by atoms with Gasteiger partial charge in [0.2, 0.25) is 10.0 Å². The van der Waals surface area contributed by atoms with Crippen LogP contribution in [0, 0.1) is 0 Å². The van der Waals surface area contributed by atoms with Crippen LogP contribution in [0.25, 0.3) is 0 Å². The normalized spacial score (nSPS) is 15.7. The molecule has 0 aliphatic rings. The molecule has 0 saturated heterocycles. The van der Waals surface area contributed by atoms with Crippen molar-refractivity contribution in [3.05, 3.63) is 16.6 Å². The Labute approximate surface area is 107 Å².